The number of carbonyl (C=O) groups is 1. The van der Waals surface area contributed by atoms with Gasteiger partial charge in [-0.1, -0.05) is 0 Å². The Morgan fingerprint density at radius 1 is 1.75 bits per heavy atom. The van der Waals surface area contributed by atoms with Crippen LogP contribution in [0.15, 0.2) is 12.3 Å². The standard InChI is InChI=1S/C8H9IN2O/c1-5-6(9)2-3-11-7(5)4-8(10)12/h2-3H,4H2,1H3,(H2,10,12). The second kappa shape index (κ2) is 3.84. The Hall–Kier alpha value is -0.650. The molecular formula is C8H9IN2O. The third-order valence-corrected chi connectivity index (χ3v) is 2.75. The fraction of sp³-hybridized carbons (Fsp3) is 0.250. The topological polar surface area (TPSA) is 56.0 Å². The summed E-state index contributed by atoms with van der Waals surface area (Å²) in [4.78, 5) is 14.7. The zero-order chi connectivity index (χ0) is 9.14. The monoisotopic (exact) mass is 276 g/mol. The van der Waals surface area contributed by atoms with E-state index in [0.29, 0.717) is 0 Å². The molecule has 0 saturated heterocycles. The number of halogens is 1. The number of nitrogens with two attached hydrogens (primary N) is 1. The van der Waals surface area contributed by atoms with Crippen molar-refractivity contribution in [2.75, 3.05) is 0 Å². The first-order valence-corrected chi connectivity index (χ1v) is 4.57. The Kier molecular flexibility index (Phi) is 3.02. The van der Waals surface area contributed by atoms with Crippen LogP contribution in [0.1, 0.15) is 11.3 Å². The average molecular weight is 276 g/mol. The molecule has 0 saturated carbocycles. The molecule has 0 fully saturated rings. The first-order chi connectivity index (χ1) is 5.61. The molecule has 0 aliphatic rings. The maximum absolute atomic E-state index is 10.6. The Morgan fingerprint density at radius 3 is 3.00 bits per heavy atom. The lowest BCUT2D eigenvalue weighted by molar-refractivity contribution is -0.117. The van der Waals surface area contributed by atoms with E-state index >= 15 is 0 Å². The molecule has 4 heteroatoms. The summed E-state index contributed by atoms with van der Waals surface area (Å²) in [6.45, 7) is 1.94. The molecule has 0 aromatic carbocycles. The maximum Gasteiger partial charge on any atom is 0.223 e. The second-order valence-corrected chi connectivity index (χ2v) is 3.67. The molecule has 1 heterocycles. The molecule has 0 aliphatic carbocycles. The minimum absolute atomic E-state index is 0.225. The first-order valence-electron chi connectivity index (χ1n) is 3.49. The van der Waals surface area contributed by atoms with Crippen LogP contribution in [0.4, 0.5) is 0 Å². The van der Waals surface area contributed by atoms with Crippen molar-refractivity contribution in [3.05, 3.63) is 27.1 Å². The average Bonchev–Trinajstić information content (AvgIpc) is 1.98. The maximum atomic E-state index is 10.6. The highest BCUT2D eigenvalue weighted by molar-refractivity contribution is 14.1. The van der Waals surface area contributed by atoms with Crippen molar-refractivity contribution in [2.45, 2.75) is 13.3 Å². The zero-order valence-electron chi connectivity index (χ0n) is 6.67. The molecule has 1 aromatic heterocycles. The van der Waals surface area contributed by atoms with Gasteiger partial charge >= 0.3 is 0 Å². The lowest BCUT2D eigenvalue weighted by Crippen LogP contribution is -2.15. The van der Waals surface area contributed by atoms with Crippen LogP contribution in [0.5, 0.6) is 0 Å². The van der Waals surface area contributed by atoms with Gasteiger partial charge in [-0.25, -0.2) is 0 Å². The summed E-state index contributed by atoms with van der Waals surface area (Å²) in [7, 11) is 0. The van der Waals surface area contributed by atoms with E-state index in [2.05, 4.69) is 27.6 Å². The van der Waals surface area contributed by atoms with Crippen LogP contribution >= 0.6 is 22.6 Å². The number of amides is 1. The molecule has 0 spiro atoms. The highest BCUT2D eigenvalue weighted by Gasteiger charge is 2.05. The van der Waals surface area contributed by atoms with Crippen molar-refractivity contribution in [3.63, 3.8) is 0 Å². The molecule has 0 unspecified atom stereocenters. The fourth-order valence-corrected chi connectivity index (χ4v) is 1.37. The first kappa shape index (κ1) is 9.44. The summed E-state index contributed by atoms with van der Waals surface area (Å²) in [6.07, 6.45) is 1.91. The number of nitrogens with zero attached hydrogens (tertiary/aromatic N) is 1. The van der Waals surface area contributed by atoms with Crippen LogP contribution in [0, 0.1) is 10.5 Å². The number of aromatic nitrogens is 1. The van der Waals surface area contributed by atoms with Crippen LogP contribution in [0.25, 0.3) is 0 Å². The van der Waals surface area contributed by atoms with E-state index in [9.17, 15) is 4.79 Å². The summed E-state index contributed by atoms with van der Waals surface area (Å²) < 4.78 is 1.11. The molecule has 0 aliphatic heterocycles. The van der Waals surface area contributed by atoms with Gasteiger partial charge in [0.05, 0.1) is 12.1 Å². The summed E-state index contributed by atoms with van der Waals surface area (Å²) in [5.74, 6) is -0.340. The van der Waals surface area contributed by atoms with Gasteiger partial charge in [-0.3, -0.25) is 9.78 Å². The minimum Gasteiger partial charge on any atom is -0.369 e. The lowest BCUT2D eigenvalue weighted by atomic mass is 10.1. The van der Waals surface area contributed by atoms with E-state index < -0.39 is 0 Å². The quantitative estimate of drug-likeness (QED) is 0.820. The van der Waals surface area contributed by atoms with Gasteiger partial charge in [0, 0.05) is 9.77 Å². The van der Waals surface area contributed by atoms with Gasteiger partial charge in [0.15, 0.2) is 0 Å². The van der Waals surface area contributed by atoms with Gasteiger partial charge in [0.25, 0.3) is 0 Å². The highest BCUT2D eigenvalue weighted by Crippen LogP contribution is 2.13. The van der Waals surface area contributed by atoms with Gasteiger partial charge in [-0.2, -0.15) is 0 Å². The molecule has 1 aromatic rings. The van der Waals surface area contributed by atoms with E-state index in [1.54, 1.807) is 6.20 Å². The van der Waals surface area contributed by atoms with Gasteiger partial charge in [-0.15, -0.1) is 0 Å². The largest absolute Gasteiger partial charge is 0.369 e. The number of hydrogen-bond donors (Lipinski definition) is 1. The predicted octanol–water partition coefficient (Wildman–Crippen LogP) is 1.02. The summed E-state index contributed by atoms with van der Waals surface area (Å²) in [6, 6.07) is 1.90. The van der Waals surface area contributed by atoms with Crippen molar-refractivity contribution < 1.29 is 4.79 Å². The van der Waals surface area contributed by atoms with Crippen LogP contribution in [-0.4, -0.2) is 10.9 Å². The van der Waals surface area contributed by atoms with Crippen molar-refractivity contribution in [1.29, 1.82) is 0 Å². The van der Waals surface area contributed by atoms with Crippen LogP contribution in [-0.2, 0) is 11.2 Å². The van der Waals surface area contributed by atoms with E-state index in [4.69, 9.17) is 5.73 Å². The van der Waals surface area contributed by atoms with Crippen LogP contribution in [0.3, 0.4) is 0 Å². The SMILES string of the molecule is Cc1c(I)ccnc1CC(N)=O. The third kappa shape index (κ3) is 2.17. The van der Waals surface area contributed by atoms with Gasteiger partial charge in [0.2, 0.25) is 5.91 Å². The summed E-state index contributed by atoms with van der Waals surface area (Å²) in [5.41, 5.74) is 6.87. The Balaban J connectivity index is 3.00. The van der Waals surface area contributed by atoms with E-state index in [-0.39, 0.29) is 12.3 Å². The molecule has 1 rings (SSSR count). The lowest BCUT2D eigenvalue weighted by Gasteiger charge is -2.03. The predicted molar refractivity (Wildman–Crippen MR) is 54.6 cm³/mol. The summed E-state index contributed by atoms with van der Waals surface area (Å²) >= 11 is 2.20. The molecule has 0 radical (unpaired) electrons. The van der Waals surface area contributed by atoms with Crippen molar-refractivity contribution in [3.8, 4) is 0 Å². The number of carbonyl (C=O) groups excluding carboxylic acids is 1. The number of pyridine rings is 1. The smallest absolute Gasteiger partial charge is 0.223 e. The molecule has 3 nitrogen and oxygen atoms in total. The molecule has 0 bridgehead atoms. The molecule has 0 atom stereocenters. The van der Waals surface area contributed by atoms with Crippen molar-refractivity contribution in [2.24, 2.45) is 5.73 Å². The minimum atomic E-state index is -0.340. The normalized spacial score (nSPS) is 9.83. The summed E-state index contributed by atoms with van der Waals surface area (Å²) in [5, 5.41) is 0. The van der Waals surface area contributed by atoms with E-state index in [1.807, 2.05) is 13.0 Å². The Morgan fingerprint density at radius 2 is 2.42 bits per heavy atom. The molecular weight excluding hydrogens is 267 g/mol. The van der Waals surface area contributed by atoms with Crippen molar-refractivity contribution >= 4 is 28.5 Å². The molecule has 12 heavy (non-hydrogen) atoms. The van der Waals surface area contributed by atoms with Crippen LogP contribution in [0.2, 0.25) is 0 Å². The van der Waals surface area contributed by atoms with E-state index in [1.165, 1.54) is 0 Å². The Labute approximate surface area is 84.5 Å². The molecule has 1 amide bonds. The van der Waals surface area contributed by atoms with Gasteiger partial charge in [-0.05, 0) is 41.1 Å². The second-order valence-electron chi connectivity index (χ2n) is 2.51. The number of hydrogen-bond acceptors (Lipinski definition) is 2. The van der Waals surface area contributed by atoms with E-state index in [0.717, 1.165) is 14.8 Å². The van der Waals surface area contributed by atoms with Crippen molar-refractivity contribution in [1.82, 2.24) is 4.98 Å². The Bertz CT molecular complexity index is 312. The van der Waals surface area contributed by atoms with Crippen LogP contribution < -0.4 is 5.73 Å². The number of rotatable bonds is 2. The van der Waals surface area contributed by atoms with Gasteiger partial charge in [0.1, 0.15) is 0 Å². The molecule has 64 valence electrons. The molecule has 2 N–H and O–H groups in total. The number of primary amides is 1. The third-order valence-electron chi connectivity index (χ3n) is 1.58. The van der Waals surface area contributed by atoms with Gasteiger partial charge < -0.3 is 5.73 Å². The fourth-order valence-electron chi connectivity index (χ4n) is 0.896. The highest BCUT2D eigenvalue weighted by atomic mass is 127. The zero-order valence-corrected chi connectivity index (χ0v) is 8.83.